The van der Waals surface area contributed by atoms with Gasteiger partial charge >= 0.3 is 0 Å². The number of aliphatic hydroxyl groups excluding tert-OH is 1. The Labute approximate surface area is 186 Å². The molecular weight excluding hydrogens is 382 g/mol. The first-order chi connectivity index (χ1) is 14.8. The van der Waals surface area contributed by atoms with Gasteiger partial charge in [-0.3, -0.25) is 0 Å². The summed E-state index contributed by atoms with van der Waals surface area (Å²) in [6.07, 6.45) is 7.20. The van der Waals surface area contributed by atoms with Gasteiger partial charge in [0.2, 0.25) is 5.71 Å². The van der Waals surface area contributed by atoms with Gasteiger partial charge in [0.1, 0.15) is 14.1 Å². The summed E-state index contributed by atoms with van der Waals surface area (Å²) in [5.74, 6) is 0. The van der Waals surface area contributed by atoms with E-state index >= 15 is 0 Å². The first-order valence-electron chi connectivity index (χ1n) is 10.7. The van der Waals surface area contributed by atoms with Gasteiger partial charge in [0.25, 0.3) is 0 Å². The predicted octanol–water partition coefficient (Wildman–Crippen LogP) is 4.21. The average Bonchev–Trinajstić information content (AvgIpc) is 2.75. The van der Waals surface area contributed by atoms with Crippen molar-refractivity contribution < 1.29 is 9.68 Å². The van der Waals surface area contributed by atoms with Crippen LogP contribution in [-0.4, -0.2) is 64.3 Å². The van der Waals surface area contributed by atoms with Crippen molar-refractivity contribution in [2.75, 3.05) is 58.7 Å². The molecule has 1 N–H and O–H groups in total. The molecule has 0 aromatic heterocycles. The van der Waals surface area contributed by atoms with Crippen LogP contribution in [0.5, 0.6) is 0 Å². The van der Waals surface area contributed by atoms with Crippen LogP contribution in [0, 0.1) is 0 Å². The highest BCUT2D eigenvalue weighted by molar-refractivity contribution is 6.08. The summed E-state index contributed by atoms with van der Waals surface area (Å²) in [5, 5.41) is 9.62. The molecular formula is C27H34N3O+. The lowest BCUT2D eigenvalue weighted by atomic mass is 9.88. The van der Waals surface area contributed by atoms with Gasteiger partial charge in [0, 0.05) is 64.2 Å². The summed E-state index contributed by atoms with van der Waals surface area (Å²) in [6, 6.07) is 17.4. The molecule has 162 valence electrons. The molecule has 1 aliphatic rings. The van der Waals surface area contributed by atoms with E-state index in [-0.39, 0.29) is 6.61 Å². The molecule has 0 aliphatic heterocycles. The molecule has 31 heavy (non-hydrogen) atoms. The van der Waals surface area contributed by atoms with Crippen LogP contribution in [0.4, 0.5) is 11.4 Å². The summed E-state index contributed by atoms with van der Waals surface area (Å²) in [4.78, 5) is 4.22. The van der Waals surface area contributed by atoms with E-state index in [9.17, 15) is 5.11 Å². The van der Waals surface area contributed by atoms with Crippen molar-refractivity contribution in [2.45, 2.75) is 6.42 Å². The van der Waals surface area contributed by atoms with Crippen molar-refractivity contribution in [3.05, 3.63) is 89.0 Å². The minimum Gasteiger partial charge on any atom is -0.396 e. The Hall–Kier alpha value is -3.11. The van der Waals surface area contributed by atoms with Crippen LogP contribution in [0.3, 0.4) is 0 Å². The lowest BCUT2D eigenvalue weighted by Crippen LogP contribution is -2.17. The maximum Gasteiger partial charge on any atom is 0.202 e. The fourth-order valence-corrected chi connectivity index (χ4v) is 3.85. The third-order valence-corrected chi connectivity index (χ3v) is 5.58. The Bertz CT molecular complexity index is 979. The Morgan fingerprint density at radius 1 is 0.774 bits per heavy atom. The molecule has 0 radical (unpaired) electrons. The van der Waals surface area contributed by atoms with Crippen molar-refractivity contribution in [3.63, 3.8) is 0 Å². The smallest absolute Gasteiger partial charge is 0.202 e. The molecule has 0 saturated carbocycles. The fourth-order valence-electron chi connectivity index (χ4n) is 3.85. The maximum atomic E-state index is 9.62. The van der Waals surface area contributed by atoms with E-state index in [1.807, 2.05) is 14.1 Å². The van der Waals surface area contributed by atoms with E-state index < -0.39 is 0 Å². The summed E-state index contributed by atoms with van der Waals surface area (Å²) in [5.41, 5.74) is 9.35. The number of aliphatic hydroxyl groups is 1. The molecule has 0 spiro atoms. The molecule has 4 nitrogen and oxygen atoms in total. The molecule has 0 saturated heterocycles. The van der Waals surface area contributed by atoms with E-state index in [4.69, 9.17) is 0 Å². The van der Waals surface area contributed by atoms with Gasteiger partial charge in [0.15, 0.2) is 0 Å². The second-order valence-corrected chi connectivity index (χ2v) is 8.47. The molecule has 2 aromatic carbocycles. The average molecular weight is 417 g/mol. The standard InChI is InChI=1S/C27H34N3O/c1-28(2)24-12-7-20(8-13-24)27(21-9-14-25(15-10-21)29(3)4)23-11-16-26(30(5)6)22(19-23)17-18-31/h7-16,19,31H,17-18H2,1-6H3/q+1. The van der Waals surface area contributed by atoms with Crippen LogP contribution < -0.4 is 9.80 Å². The largest absolute Gasteiger partial charge is 0.396 e. The zero-order valence-electron chi connectivity index (χ0n) is 19.6. The Morgan fingerprint density at radius 3 is 1.65 bits per heavy atom. The zero-order valence-corrected chi connectivity index (χ0v) is 19.6. The highest BCUT2D eigenvalue weighted by atomic mass is 16.3. The van der Waals surface area contributed by atoms with Gasteiger partial charge < -0.3 is 14.9 Å². The normalized spacial score (nSPS) is 13.2. The van der Waals surface area contributed by atoms with Crippen molar-refractivity contribution >= 4 is 22.7 Å². The lowest BCUT2D eigenvalue weighted by Gasteiger charge is -2.19. The van der Waals surface area contributed by atoms with Crippen LogP contribution in [0.1, 0.15) is 17.5 Å². The number of hydrogen-bond donors (Lipinski definition) is 1. The topological polar surface area (TPSA) is 29.7 Å². The third-order valence-electron chi connectivity index (χ3n) is 5.58. The Morgan fingerprint density at radius 2 is 1.26 bits per heavy atom. The summed E-state index contributed by atoms with van der Waals surface area (Å²) in [7, 11) is 12.3. The van der Waals surface area contributed by atoms with E-state index in [0.29, 0.717) is 6.42 Å². The number of anilines is 2. The fraction of sp³-hybridized carbons (Fsp3) is 0.296. The summed E-state index contributed by atoms with van der Waals surface area (Å²) < 4.78 is 2.10. The molecule has 1 aliphatic carbocycles. The first kappa shape index (κ1) is 22.6. The van der Waals surface area contributed by atoms with Gasteiger partial charge in [-0.25, -0.2) is 4.58 Å². The quantitative estimate of drug-likeness (QED) is 0.716. The number of rotatable bonds is 6. The number of nitrogens with zero attached hydrogens (tertiary/aromatic N) is 3. The van der Waals surface area contributed by atoms with Crippen molar-refractivity contribution in [1.82, 2.24) is 0 Å². The summed E-state index contributed by atoms with van der Waals surface area (Å²) in [6.45, 7) is 0.134. The first-order valence-corrected chi connectivity index (χ1v) is 10.7. The zero-order chi connectivity index (χ0) is 22.5. The maximum absolute atomic E-state index is 9.62. The highest BCUT2D eigenvalue weighted by Crippen LogP contribution is 2.33. The monoisotopic (exact) mass is 416 g/mol. The molecule has 2 aromatic rings. The number of benzene rings is 2. The van der Waals surface area contributed by atoms with E-state index in [0.717, 1.165) is 16.9 Å². The molecule has 0 fully saturated rings. The van der Waals surface area contributed by atoms with Crippen molar-refractivity contribution in [2.24, 2.45) is 0 Å². The Kier molecular flexibility index (Phi) is 7.13. The minimum atomic E-state index is 0.134. The van der Waals surface area contributed by atoms with E-state index in [1.54, 1.807) is 0 Å². The van der Waals surface area contributed by atoms with Gasteiger partial charge in [-0.2, -0.15) is 0 Å². The van der Waals surface area contributed by atoms with Crippen LogP contribution in [0.25, 0.3) is 5.57 Å². The van der Waals surface area contributed by atoms with Crippen LogP contribution in [0.2, 0.25) is 0 Å². The second-order valence-electron chi connectivity index (χ2n) is 8.47. The Balaban J connectivity index is 2.20. The van der Waals surface area contributed by atoms with Crippen molar-refractivity contribution in [1.29, 1.82) is 0 Å². The summed E-state index contributed by atoms with van der Waals surface area (Å²) >= 11 is 0. The molecule has 0 bridgehead atoms. The third kappa shape index (κ3) is 5.15. The second kappa shape index (κ2) is 9.80. The molecule has 4 heteroatoms. The minimum absolute atomic E-state index is 0.134. The van der Waals surface area contributed by atoms with Gasteiger partial charge in [0.05, 0.1) is 0 Å². The molecule has 0 unspecified atom stereocenters. The van der Waals surface area contributed by atoms with E-state index in [1.165, 1.54) is 28.1 Å². The molecule has 0 atom stereocenters. The predicted molar refractivity (Wildman–Crippen MR) is 134 cm³/mol. The van der Waals surface area contributed by atoms with Gasteiger partial charge in [-0.1, -0.05) is 24.3 Å². The molecule has 3 rings (SSSR count). The SMILES string of the molecule is CN(C)c1ccc(C(=C2C=CC(=[N+](C)C)C(CCO)=C2)c2ccc(N(C)C)cc2)cc1. The van der Waals surface area contributed by atoms with Crippen molar-refractivity contribution in [3.8, 4) is 0 Å². The van der Waals surface area contributed by atoms with E-state index in [2.05, 4.69) is 109 Å². The lowest BCUT2D eigenvalue weighted by molar-refractivity contribution is -0.463. The molecule has 0 heterocycles. The highest BCUT2D eigenvalue weighted by Gasteiger charge is 2.19. The van der Waals surface area contributed by atoms with Gasteiger partial charge in [-0.05, 0) is 58.7 Å². The molecule has 0 amide bonds. The number of hydrogen-bond acceptors (Lipinski definition) is 3. The van der Waals surface area contributed by atoms with Crippen LogP contribution in [0.15, 0.2) is 77.9 Å². The van der Waals surface area contributed by atoms with Gasteiger partial charge in [-0.15, -0.1) is 0 Å². The number of allylic oxidation sites excluding steroid dienone is 4. The van der Waals surface area contributed by atoms with Crippen LogP contribution >= 0.6 is 0 Å². The van der Waals surface area contributed by atoms with Crippen LogP contribution in [-0.2, 0) is 0 Å².